The van der Waals surface area contributed by atoms with Gasteiger partial charge < -0.3 is 9.47 Å². The predicted molar refractivity (Wildman–Crippen MR) is 121 cm³/mol. The van der Waals surface area contributed by atoms with Crippen molar-refractivity contribution in [3.05, 3.63) is 70.7 Å². The van der Waals surface area contributed by atoms with Gasteiger partial charge >= 0.3 is 0 Å². The van der Waals surface area contributed by atoms with Crippen molar-refractivity contribution in [3.8, 4) is 28.7 Å². The number of anilines is 1. The first kappa shape index (κ1) is 21.6. The zero-order chi connectivity index (χ0) is 22.5. The van der Waals surface area contributed by atoms with E-state index in [0.29, 0.717) is 22.9 Å². The number of nitrogens with two attached hydrogens (primary N) is 1. The minimum absolute atomic E-state index is 0.281. The molecule has 2 aromatic carbocycles. The number of aromatic nitrogens is 1. The molecule has 5 nitrogen and oxygen atoms in total. The number of H-pyrrole nitrogens is 1. The first-order valence-electron chi connectivity index (χ1n) is 10.9. The Morgan fingerprint density at radius 1 is 1.06 bits per heavy atom. The van der Waals surface area contributed by atoms with Crippen molar-refractivity contribution >= 4 is 5.82 Å². The number of halogens is 1. The van der Waals surface area contributed by atoms with Crippen molar-refractivity contribution in [2.75, 3.05) is 12.8 Å². The summed E-state index contributed by atoms with van der Waals surface area (Å²) in [6, 6.07) is 14.1. The van der Waals surface area contributed by atoms with Gasteiger partial charge in [0.15, 0.2) is 0 Å². The standard InChI is InChI=1S/C26H26FN3O2/c1-31-24-14-17(8-9-18(24)16-32-20-12-10-19(27)11-13-20)25-21-6-4-2-3-5-7-23(21)30-26(29)22(25)15-28/h8-14H,2-7,16H2,1H3,(H2,29,30)/p+1. The van der Waals surface area contributed by atoms with Gasteiger partial charge in [-0.25, -0.2) is 9.37 Å². The maximum Gasteiger partial charge on any atom is 0.289 e. The van der Waals surface area contributed by atoms with Gasteiger partial charge in [0.05, 0.1) is 7.11 Å². The smallest absolute Gasteiger partial charge is 0.289 e. The van der Waals surface area contributed by atoms with Gasteiger partial charge in [-0.05, 0) is 55.2 Å². The lowest BCUT2D eigenvalue weighted by molar-refractivity contribution is -0.374. The third-order valence-electron chi connectivity index (χ3n) is 5.97. The fraction of sp³-hybridized carbons (Fsp3) is 0.308. The van der Waals surface area contributed by atoms with E-state index < -0.39 is 0 Å². The zero-order valence-corrected chi connectivity index (χ0v) is 18.2. The van der Waals surface area contributed by atoms with Crippen LogP contribution in [-0.2, 0) is 19.4 Å². The number of nitrogen functional groups attached to an aromatic ring is 1. The lowest BCUT2D eigenvalue weighted by Gasteiger charge is -2.18. The van der Waals surface area contributed by atoms with Crippen LogP contribution in [0.15, 0.2) is 42.5 Å². The van der Waals surface area contributed by atoms with Crippen molar-refractivity contribution in [2.45, 2.75) is 45.1 Å². The molecule has 0 bridgehead atoms. The first-order valence-corrected chi connectivity index (χ1v) is 10.9. The summed E-state index contributed by atoms with van der Waals surface area (Å²) in [4.78, 5) is 3.28. The minimum Gasteiger partial charge on any atom is -0.496 e. The maximum absolute atomic E-state index is 13.1. The molecule has 6 heteroatoms. The molecule has 0 amide bonds. The molecule has 32 heavy (non-hydrogen) atoms. The van der Waals surface area contributed by atoms with Crippen LogP contribution in [0, 0.1) is 17.1 Å². The summed E-state index contributed by atoms with van der Waals surface area (Å²) in [6.45, 7) is 0.281. The largest absolute Gasteiger partial charge is 0.496 e. The number of aromatic amines is 1. The SMILES string of the molecule is COc1cc(-c2c(C#N)c(N)[nH+]c3c2CCCCCC3)ccc1COc1ccc(F)cc1. The molecule has 1 aliphatic carbocycles. The molecule has 164 valence electrons. The van der Waals surface area contributed by atoms with Gasteiger partial charge in [0.25, 0.3) is 5.82 Å². The predicted octanol–water partition coefficient (Wildman–Crippen LogP) is 5.01. The molecule has 0 spiro atoms. The Kier molecular flexibility index (Phi) is 6.55. The monoisotopic (exact) mass is 432 g/mol. The molecular formula is C26H27FN3O2+. The number of pyridine rings is 1. The molecule has 0 atom stereocenters. The van der Waals surface area contributed by atoms with Crippen LogP contribution in [0.25, 0.3) is 11.1 Å². The second-order valence-electron chi connectivity index (χ2n) is 8.04. The fourth-order valence-electron chi connectivity index (χ4n) is 4.33. The van der Waals surface area contributed by atoms with Crippen LogP contribution in [0.1, 0.15) is 48.1 Å². The Bertz CT molecular complexity index is 1150. The highest BCUT2D eigenvalue weighted by Crippen LogP contribution is 2.36. The van der Waals surface area contributed by atoms with Gasteiger partial charge in [0, 0.05) is 23.1 Å². The summed E-state index contributed by atoms with van der Waals surface area (Å²) in [5.74, 6) is 1.35. The summed E-state index contributed by atoms with van der Waals surface area (Å²) in [5, 5.41) is 9.87. The number of methoxy groups -OCH3 is 1. The average molecular weight is 433 g/mol. The van der Waals surface area contributed by atoms with Gasteiger partial charge in [-0.3, -0.25) is 5.73 Å². The number of ether oxygens (including phenoxy) is 2. The van der Waals surface area contributed by atoms with E-state index in [2.05, 4.69) is 11.1 Å². The zero-order valence-electron chi connectivity index (χ0n) is 18.2. The molecule has 4 rings (SSSR count). The third kappa shape index (κ3) is 4.52. The van der Waals surface area contributed by atoms with Crippen LogP contribution in [-0.4, -0.2) is 7.11 Å². The molecule has 1 heterocycles. The molecule has 1 aromatic heterocycles. The average Bonchev–Trinajstić information content (AvgIpc) is 2.79. The third-order valence-corrected chi connectivity index (χ3v) is 5.97. The van der Waals surface area contributed by atoms with Crippen molar-refractivity contribution in [2.24, 2.45) is 0 Å². The summed E-state index contributed by atoms with van der Waals surface area (Å²) in [7, 11) is 1.61. The molecule has 0 radical (unpaired) electrons. The van der Waals surface area contributed by atoms with Crippen LogP contribution in [0.5, 0.6) is 11.5 Å². The van der Waals surface area contributed by atoms with E-state index in [1.807, 2.05) is 18.2 Å². The van der Waals surface area contributed by atoms with Crippen molar-refractivity contribution in [1.82, 2.24) is 0 Å². The van der Waals surface area contributed by atoms with Crippen LogP contribution in [0.2, 0.25) is 0 Å². The van der Waals surface area contributed by atoms with E-state index >= 15 is 0 Å². The Morgan fingerprint density at radius 3 is 2.53 bits per heavy atom. The van der Waals surface area contributed by atoms with Crippen LogP contribution < -0.4 is 20.2 Å². The highest BCUT2D eigenvalue weighted by atomic mass is 19.1. The first-order chi connectivity index (χ1) is 15.6. The highest BCUT2D eigenvalue weighted by Gasteiger charge is 2.24. The fourth-order valence-corrected chi connectivity index (χ4v) is 4.33. The Morgan fingerprint density at radius 2 is 1.81 bits per heavy atom. The van der Waals surface area contributed by atoms with Gasteiger partial charge in [0.1, 0.15) is 41.2 Å². The molecule has 3 N–H and O–H groups in total. The summed E-state index contributed by atoms with van der Waals surface area (Å²) >= 11 is 0. The van der Waals surface area contributed by atoms with Crippen LogP contribution in [0.4, 0.5) is 10.2 Å². The topological polar surface area (TPSA) is 82.4 Å². The van der Waals surface area contributed by atoms with E-state index in [-0.39, 0.29) is 12.4 Å². The molecule has 0 saturated heterocycles. The van der Waals surface area contributed by atoms with Gasteiger partial charge in [-0.2, -0.15) is 5.26 Å². The van der Waals surface area contributed by atoms with Crippen molar-refractivity contribution in [1.29, 1.82) is 5.26 Å². The quantitative estimate of drug-likeness (QED) is 0.615. The lowest BCUT2D eigenvalue weighted by atomic mass is 9.87. The summed E-state index contributed by atoms with van der Waals surface area (Å²) < 4.78 is 24.6. The number of nitrogens with one attached hydrogen (secondary N) is 1. The number of hydrogen-bond acceptors (Lipinski definition) is 4. The minimum atomic E-state index is -0.304. The van der Waals surface area contributed by atoms with Crippen molar-refractivity contribution < 1.29 is 18.8 Å². The van der Waals surface area contributed by atoms with Crippen LogP contribution in [0.3, 0.4) is 0 Å². The molecule has 3 aromatic rings. The van der Waals surface area contributed by atoms with Gasteiger partial charge in [-0.1, -0.05) is 25.0 Å². The summed E-state index contributed by atoms with van der Waals surface area (Å²) in [6.07, 6.45) is 6.43. The van der Waals surface area contributed by atoms with E-state index in [4.69, 9.17) is 15.2 Å². The number of hydrogen-bond donors (Lipinski definition) is 1. The van der Waals surface area contributed by atoms with E-state index in [9.17, 15) is 9.65 Å². The van der Waals surface area contributed by atoms with Gasteiger partial charge in [0.2, 0.25) is 0 Å². The lowest BCUT2D eigenvalue weighted by Crippen LogP contribution is -2.23. The normalized spacial score (nSPS) is 13.4. The van der Waals surface area contributed by atoms with E-state index in [0.717, 1.165) is 48.1 Å². The molecular weight excluding hydrogens is 405 g/mol. The Hall–Kier alpha value is -3.59. The number of fused-ring (bicyclic) bond motifs is 1. The number of rotatable bonds is 5. The van der Waals surface area contributed by atoms with Crippen LogP contribution >= 0.6 is 0 Å². The molecule has 0 fully saturated rings. The van der Waals surface area contributed by atoms with Crippen molar-refractivity contribution in [3.63, 3.8) is 0 Å². The number of benzene rings is 2. The summed E-state index contributed by atoms with van der Waals surface area (Å²) in [5.41, 5.74) is 11.7. The molecule has 0 aliphatic heterocycles. The highest BCUT2D eigenvalue weighted by molar-refractivity contribution is 5.79. The maximum atomic E-state index is 13.1. The van der Waals surface area contributed by atoms with Gasteiger partial charge in [-0.15, -0.1) is 0 Å². The van der Waals surface area contributed by atoms with E-state index in [1.54, 1.807) is 19.2 Å². The van der Waals surface area contributed by atoms with E-state index in [1.165, 1.54) is 30.5 Å². The number of nitrogens with zero attached hydrogens (tertiary/aromatic N) is 1. The second kappa shape index (κ2) is 9.69. The molecule has 1 aliphatic rings. The Labute approximate surface area is 187 Å². The molecule has 0 unspecified atom stereocenters. The number of nitriles is 1. The Balaban J connectivity index is 1.72. The molecule has 0 saturated carbocycles. The number of aryl methyl sites for hydroxylation is 1. The second-order valence-corrected chi connectivity index (χ2v) is 8.04.